The predicted octanol–water partition coefficient (Wildman–Crippen LogP) is -0.266. The third-order valence-electron chi connectivity index (χ3n) is 2.73. The first-order valence-electron chi connectivity index (χ1n) is 5.09. The van der Waals surface area contributed by atoms with Crippen LogP contribution in [0.1, 0.15) is 25.7 Å². The monoisotopic (exact) mass is 249 g/mol. The van der Waals surface area contributed by atoms with Gasteiger partial charge in [0.05, 0.1) is 11.0 Å². The Hall–Kier alpha value is -0.240. The first-order valence-corrected chi connectivity index (χ1v) is 6.94. The zero-order valence-electron chi connectivity index (χ0n) is 8.35. The van der Waals surface area contributed by atoms with Gasteiger partial charge in [0.1, 0.15) is 0 Å². The molecule has 0 aromatic heterocycles. The Kier molecular flexibility index (Phi) is 2.98. The summed E-state index contributed by atoms with van der Waals surface area (Å²) in [5.74, 6) is 0. The third kappa shape index (κ3) is 2.47. The fourth-order valence-electron chi connectivity index (χ4n) is 1.79. The van der Waals surface area contributed by atoms with Crippen LogP contribution in [0, 0.1) is 0 Å². The molecule has 0 amide bonds. The van der Waals surface area contributed by atoms with Gasteiger partial charge in [-0.1, -0.05) is 12.2 Å². The van der Waals surface area contributed by atoms with Crippen molar-refractivity contribution in [3.05, 3.63) is 0 Å². The summed E-state index contributed by atoms with van der Waals surface area (Å²) in [5.41, 5.74) is 5.53. The molecule has 0 aromatic carbocycles. The number of thiocarbonyl (C=S) groups is 1. The molecule has 0 bridgehead atoms. The molecule has 86 valence electrons. The SMILES string of the molecule is NC(=S)C1CCCN1S(=O)(=O)NC1CC1. The van der Waals surface area contributed by atoms with Crippen LogP contribution in [0.4, 0.5) is 0 Å². The molecule has 1 atom stereocenters. The Morgan fingerprint density at radius 1 is 1.40 bits per heavy atom. The van der Waals surface area contributed by atoms with Crippen molar-refractivity contribution in [2.24, 2.45) is 5.73 Å². The smallest absolute Gasteiger partial charge is 0.280 e. The lowest BCUT2D eigenvalue weighted by atomic mass is 10.2. The number of nitrogens with one attached hydrogen (secondary N) is 1. The van der Waals surface area contributed by atoms with Crippen LogP contribution in [0.3, 0.4) is 0 Å². The largest absolute Gasteiger partial charge is 0.392 e. The Morgan fingerprint density at radius 2 is 2.07 bits per heavy atom. The summed E-state index contributed by atoms with van der Waals surface area (Å²) in [4.78, 5) is 0.272. The van der Waals surface area contributed by atoms with E-state index in [9.17, 15) is 8.42 Å². The maximum absolute atomic E-state index is 11.9. The number of rotatable bonds is 4. The fraction of sp³-hybridized carbons (Fsp3) is 0.875. The molecule has 0 spiro atoms. The second-order valence-corrected chi connectivity index (χ2v) is 6.19. The van der Waals surface area contributed by atoms with E-state index in [1.54, 1.807) is 0 Å². The summed E-state index contributed by atoms with van der Waals surface area (Å²) in [6, 6.07) is -0.168. The highest BCUT2D eigenvalue weighted by Gasteiger charge is 2.38. The topological polar surface area (TPSA) is 75.4 Å². The zero-order chi connectivity index (χ0) is 11.1. The van der Waals surface area contributed by atoms with E-state index in [0.717, 1.165) is 25.7 Å². The molecule has 7 heteroatoms. The van der Waals surface area contributed by atoms with Gasteiger partial charge in [-0.2, -0.15) is 17.4 Å². The number of hydrogen-bond donors (Lipinski definition) is 2. The van der Waals surface area contributed by atoms with Crippen molar-refractivity contribution < 1.29 is 8.42 Å². The first kappa shape index (κ1) is 11.3. The minimum Gasteiger partial charge on any atom is -0.392 e. The van der Waals surface area contributed by atoms with E-state index < -0.39 is 10.2 Å². The van der Waals surface area contributed by atoms with Crippen LogP contribution in [-0.4, -0.2) is 36.3 Å². The van der Waals surface area contributed by atoms with E-state index in [0.29, 0.717) is 6.54 Å². The molecule has 1 aliphatic carbocycles. The summed E-state index contributed by atoms with van der Waals surface area (Å²) >= 11 is 4.87. The molecular formula is C8H15N3O2S2. The predicted molar refractivity (Wildman–Crippen MR) is 61.6 cm³/mol. The highest BCUT2D eigenvalue weighted by molar-refractivity contribution is 7.87. The van der Waals surface area contributed by atoms with Gasteiger partial charge in [-0.3, -0.25) is 0 Å². The molecule has 0 aromatic rings. The van der Waals surface area contributed by atoms with Gasteiger partial charge in [-0.15, -0.1) is 0 Å². The zero-order valence-corrected chi connectivity index (χ0v) is 9.98. The molecule has 1 unspecified atom stereocenters. The standard InChI is InChI=1S/C8H15N3O2S2/c9-8(14)7-2-1-5-11(7)15(12,13)10-6-3-4-6/h6-7,10H,1-5H2,(H2,9,14). The number of nitrogens with zero attached hydrogens (tertiary/aromatic N) is 1. The lowest BCUT2D eigenvalue weighted by Gasteiger charge is -2.23. The Bertz CT molecular complexity index is 364. The van der Waals surface area contributed by atoms with E-state index in [2.05, 4.69) is 4.72 Å². The fourth-order valence-corrected chi connectivity index (χ4v) is 3.82. The van der Waals surface area contributed by atoms with Crippen molar-refractivity contribution >= 4 is 27.4 Å². The van der Waals surface area contributed by atoms with Gasteiger partial charge in [0.25, 0.3) is 10.2 Å². The van der Waals surface area contributed by atoms with Gasteiger partial charge in [-0.05, 0) is 25.7 Å². The summed E-state index contributed by atoms with van der Waals surface area (Å²) in [5, 5.41) is 0. The van der Waals surface area contributed by atoms with Crippen LogP contribution in [0.5, 0.6) is 0 Å². The average Bonchev–Trinajstić information content (AvgIpc) is 2.80. The van der Waals surface area contributed by atoms with Crippen molar-refractivity contribution in [2.75, 3.05) is 6.54 Å². The minimum atomic E-state index is -3.38. The van der Waals surface area contributed by atoms with E-state index >= 15 is 0 Å². The second-order valence-electron chi connectivity index (χ2n) is 4.07. The summed E-state index contributed by atoms with van der Waals surface area (Å²) < 4.78 is 27.8. The molecule has 2 aliphatic rings. The van der Waals surface area contributed by atoms with Gasteiger partial charge in [-0.25, -0.2) is 0 Å². The van der Waals surface area contributed by atoms with E-state index in [1.807, 2.05) is 0 Å². The Balaban J connectivity index is 2.10. The van der Waals surface area contributed by atoms with Crippen molar-refractivity contribution in [3.8, 4) is 0 Å². The lowest BCUT2D eigenvalue weighted by molar-refractivity contribution is 0.435. The molecule has 2 rings (SSSR count). The molecule has 2 fully saturated rings. The lowest BCUT2D eigenvalue weighted by Crippen LogP contribution is -2.48. The van der Waals surface area contributed by atoms with Crippen molar-refractivity contribution in [1.29, 1.82) is 0 Å². The molecule has 15 heavy (non-hydrogen) atoms. The van der Waals surface area contributed by atoms with Gasteiger partial charge in [0.2, 0.25) is 0 Å². The van der Waals surface area contributed by atoms with Crippen LogP contribution >= 0.6 is 12.2 Å². The molecular weight excluding hydrogens is 234 g/mol. The quantitative estimate of drug-likeness (QED) is 0.673. The van der Waals surface area contributed by atoms with Crippen LogP contribution in [0.15, 0.2) is 0 Å². The molecule has 1 aliphatic heterocycles. The Labute approximate surface area is 95.2 Å². The van der Waals surface area contributed by atoms with E-state index in [1.165, 1.54) is 4.31 Å². The molecule has 3 N–H and O–H groups in total. The van der Waals surface area contributed by atoms with Gasteiger partial charge in [0.15, 0.2) is 0 Å². The van der Waals surface area contributed by atoms with Gasteiger partial charge >= 0.3 is 0 Å². The highest BCUT2D eigenvalue weighted by atomic mass is 32.2. The summed E-state index contributed by atoms with van der Waals surface area (Å²) in [7, 11) is -3.38. The third-order valence-corrected chi connectivity index (χ3v) is 4.69. The molecule has 1 saturated heterocycles. The van der Waals surface area contributed by atoms with Crippen LogP contribution in [0.25, 0.3) is 0 Å². The van der Waals surface area contributed by atoms with Crippen LogP contribution in [-0.2, 0) is 10.2 Å². The maximum Gasteiger partial charge on any atom is 0.280 e. The van der Waals surface area contributed by atoms with E-state index in [-0.39, 0.29) is 17.1 Å². The average molecular weight is 249 g/mol. The van der Waals surface area contributed by atoms with Crippen LogP contribution in [0.2, 0.25) is 0 Å². The van der Waals surface area contributed by atoms with Crippen molar-refractivity contribution in [2.45, 2.75) is 37.8 Å². The Morgan fingerprint density at radius 3 is 2.60 bits per heavy atom. The molecule has 5 nitrogen and oxygen atoms in total. The van der Waals surface area contributed by atoms with Crippen molar-refractivity contribution in [1.82, 2.24) is 9.03 Å². The molecule has 1 saturated carbocycles. The van der Waals surface area contributed by atoms with E-state index in [4.69, 9.17) is 18.0 Å². The highest BCUT2D eigenvalue weighted by Crippen LogP contribution is 2.25. The second kappa shape index (κ2) is 3.97. The van der Waals surface area contributed by atoms with Crippen molar-refractivity contribution in [3.63, 3.8) is 0 Å². The number of nitrogens with two attached hydrogens (primary N) is 1. The normalized spacial score (nSPS) is 28.1. The van der Waals surface area contributed by atoms with Crippen LogP contribution < -0.4 is 10.5 Å². The maximum atomic E-state index is 11.9. The summed E-state index contributed by atoms with van der Waals surface area (Å²) in [6.07, 6.45) is 3.43. The summed E-state index contributed by atoms with van der Waals surface area (Å²) in [6.45, 7) is 0.518. The van der Waals surface area contributed by atoms with Gasteiger partial charge in [0, 0.05) is 12.6 Å². The number of hydrogen-bond acceptors (Lipinski definition) is 3. The first-order chi connectivity index (χ1) is 7.00. The minimum absolute atomic E-state index is 0.127. The van der Waals surface area contributed by atoms with Gasteiger partial charge < -0.3 is 5.73 Å². The molecule has 1 heterocycles. The molecule has 0 radical (unpaired) electrons.